The summed E-state index contributed by atoms with van der Waals surface area (Å²) in [5.74, 6) is -6.87. The first-order valence-electron chi connectivity index (χ1n) is 21.8. The molecule has 4 aliphatic heterocycles. The van der Waals surface area contributed by atoms with Crippen molar-refractivity contribution in [2.45, 2.75) is 244 Å². The second kappa shape index (κ2) is 16.9. The molecule has 4 heterocycles. The fraction of sp³-hybridized carbons (Fsp3) is 0.909. The summed E-state index contributed by atoms with van der Waals surface area (Å²) in [6.45, 7) is 28.9. The summed E-state index contributed by atoms with van der Waals surface area (Å²) in [5.41, 5.74) is -6.67. The van der Waals surface area contributed by atoms with E-state index in [1.165, 1.54) is 10.1 Å². The van der Waals surface area contributed by atoms with Gasteiger partial charge in [-0.25, -0.2) is 0 Å². The molecule has 4 fully saturated rings. The summed E-state index contributed by atoms with van der Waals surface area (Å²) >= 11 is 0. The molecule has 0 aromatic rings. The predicted octanol–water partition coefficient (Wildman–Crippen LogP) is 6.82. The van der Waals surface area contributed by atoms with Gasteiger partial charge in [0.2, 0.25) is 0 Å². The van der Waals surface area contributed by atoms with Crippen LogP contribution in [0.1, 0.15) is 175 Å². The molecule has 0 amide bonds. The molecule has 0 spiro atoms. The molecule has 346 valence electrons. The maximum absolute atomic E-state index is 14.7. The van der Waals surface area contributed by atoms with Gasteiger partial charge in [-0.05, 0) is 162 Å². The molecule has 16 nitrogen and oxygen atoms in total. The second-order valence-electron chi connectivity index (χ2n) is 22.7. The number of rotatable bonds is 11. The Morgan fingerprint density at radius 3 is 0.833 bits per heavy atom. The molecule has 0 bridgehead atoms. The third kappa shape index (κ3) is 9.85. The van der Waals surface area contributed by atoms with Crippen LogP contribution in [0.2, 0.25) is 0 Å². The van der Waals surface area contributed by atoms with Crippen molar-refractivity contribution in [1.29, 1.82) is 0 Å². The van der Waals surface area contributed by atoms with Crippen LogP contribution in [-0.4, -0.2) is 134 Å². The first-order valence-corrected chi connectivity index (χ1v) is 21.8. The Hall–Kier alpha value is -2.44. The van der Waals surface area contributed by atoms with Crippen molar-refractivity contribution in [1.82, 2.24) is 20.3 Å². The molecule has 0 aliphatic carbocycles. The first-order chi connectivity index (χ1) is 27.0. The SMILES string of the molecule is CC1(C)CCC(OC(=O)CC(C(=O)OC2CCC(C)(C)N(O)C2(C)C)C(CC(=O)OC2CCC(C)(C)N(O)C2(C)C)C(=O)OC2CCC(C)(C)N(O)C2(C)C)C(C)(C)N1O. The van der Waals surface area contributed by atoms with Crippen LogP contribution in [0.4, 0.5) is 0 Å². The molecule has 0 aromatic heterocycles. The highest BCUT2D eigenvalue weighted by molar-refractivity contribution is 5.89. The van der Waals surface area contributed by atoms with Gasteiger partial charge >= 0.3 is 23.9 Å². The van der Waals surface area contributed by atoms with E-state index >= 15 is 0 Å². The summed E-state index contributed by atoms with van der Waals surface area (Å²) < 4.78 is 24.4. The molecule has 4 saturated heterocycles. The average Bonchev–Trinajstić information content (AvgIpc) is 3.12. The van der Waals surface area contributed by atoms with Crippen molar-refractivity contribution in [2.75, 3.05) is 0 Å². The minimum atomic E-state index is -1.62. The number of hydroxylamine groups is 8. The zero-order chi connectivity index (χ0) is 46.0. The largest absolute Gasteiger partial charge is 0.460 e. The van der Waals surface area contributed by atoms with E-state index in [2.05, 4.69) is 0 Å². The van der Waals surface area contributed by atoms with E-state index in [4.69, 9.17) is 18.9 Å². The van der Waals surface area contributed by atoms with Crippen molar-refractivity contribution in [3.63, 3.8) is 0 Å². The Morgan fingerprint density at radius 2 is 0.617 bits per heavy atom. The lowest BCUT2D eigenvalue weighted by Crippen LogP contribution is -2.64. The van der Waals surface area contributed by atoms with Gasteiger partial charge in [0, 0.05) is 22.2 Å². The van der Waals surface area contributed by atoms with Crippen LogP contribution in [-0.2, 0) is 38.1 Å². The lowest BCUT2D eigenvalue weighted by Gasteiger charge is -2.52. The Morgan fingerprint density at radius 1 is 0.417 bits per heavy atom. The molecule has 0 aromatic carbocycles. The van der Waals surface area contributed by atoms with Crippen LogP contribution in [0.25, 0.3) is 0 Å². The van der Waals surface area contributed by atoms with E-state index < -0.39 is 117 Å². The molecule has 0 radical (unpaired) electrons. The molecular weight excluding hydrogens is 776 g/mol. The normalized spacial score (nSPS) is 31.9. The Kier molecular flexibility index (Phi) is 14.2. The fourth-order valence-corrected chi connectivity index (χ4v) is 10.3. The van der Waals surface area contributed by atoms with Crippen LogP contribution in [0.3, 0.4) is 0 Å². The van der Waals surface area contributed by atoms with Crippen LogP contribution >= 0.6 is 0 Å². The summed E-state index contributed by atoms with van der Waals surface area (Å²) in [5, 5.41) is 49.4. The monoisotopic (exact) mass is 855 g/mol. The highest BCUT2D eigenvalue weighted by Crippen LogP contribution is 2.43. The quantitative estimate of drug-likeness (QED) is 0.125. The van der Waals surface area contributed by atoms with Gasteiger partial charge in [0.1, 0.15) is 24.4 Å². The summed E-state index contributed by atoms with van der Waals surface area (Å²) in [4.78, 5) is 57.7. The minimum Gasteiger partial charge on any atom is -0.460 e. The Labute approximate surface area is 358 Å². The second-order valence-corrected chi connectivity index (χ2v) is 22.7. The van der Waals surface area contributed by atoms with E-state index in [-0.39, 0.29) is 0 Å². The van der Waals surface area contributed by atoms with Gasteiger partial charge in [0.15, 0.2) is 0 Å². The lowest BCUT2D eigenvalue weighted by molar-refractivity contribution is -0.276. The maximum Gasteiger partial charge on any atom is 0.310 e. The average molecular weight is 855 g/mol. The third-order valence-electron chi connectivity index (χ3n) is 14.6. The zero-order valence-corrected chi connectivity index (χ0v) is 39.4. The number of carbonyl (C=O) groups is 4. The van der Waals surface area contributed by atoms with Gasteiger partial charge in [-0.1, -0.05) is 0 Å². The van der Waals surface area contributed by atoms with Gasteiger partial charge in [-0.15, -0.1) is 0 Å². The van der Waals surface area contributed by atoms with Gasteiger partial charge in [-0.3, -0.25) is 19.2 Å². The Bertz CT molecular complexity index is 1490. The maximum atomic E-state index is 14.7. The molecule has 16 heteroatoms. The van der Waals surface area contributed by atoms with Crippen molar-refractivity contribution in [3.05, 3.63) is 0 Å². The number of piperidine rings is 4. The summed E-state index contributed by atoms with van der Waals surface area (Å²) in [7, 11) is 0. The highest BCUT2D eigenvalue weighted by Gasteiger charge is 2.55. The van der Waals surface area contributed by atoms with Gasteiger partial charge in [0.25, 0.3) is 0 Å². The number of ether oxygens (including phenoxy) is 4. The molecule has 6 atom stereocenters. The zero-order valence-electron chi connectivity index (χ0n) is 39.4. The van der Waals surface area contributed by atoms with E-state index in [0.717, 1.165) is 10.1 Å². The number of carbonyl (C=O) groups excluding carboxylic acids is 4. The molecule has 4 N–H and O–H groups in total. The van der Waals surface area contributed by atoms with Crippen molar-refractivity contribution in [2.24, 2.45) is 11.8 Å². The first kappa shape index (κ1) is 50.2. The predicted molar refractivity (Wildman–Crippen MR) is 220 cm³/mol. The minimum absolute atomic E-state index is 0.360. The van der Waals surface area contributed by atoms with E-state index in [9.17, 15) is 40.0 Å². The van der Waals surface area contributed by atoms with Crippen molar-refractivity contribution in [3.8, 4) is 0 Å². The number of hydrogen-bond acceptors (Lipinski definition) is 16. The van der Waals surface area contributed by atoms with Gasteiger partial charge < -0.3 is 39.8 Å². The Balaban J connectivity index is 1.74. The van der Waals surface area contributed by atoms with E-state index in [1.807, 2.05) is 55.4 Å². The summed E-state index contributed by atoms with van der Waals surface area (Å²) in [6.07, 6.45) is -1.26. The molecule has 4 aliphatic rings. The molecular formula is C44H78N4O12. The van der Waals surface area contributed by atoms with Crippen LogP contribution in [0.15, 0.2) is 0 Å². The smallest absolute Gasteiger partial charge is 0.310 e. The highest BCUT2D eigenvalue weighted by atomic mass is 16.6. The number of nitrogens with zero attached hydrogens (tertiary/aromatic N) is 4. The molecule has 60 heavy (non-hydrogen) atoms. The van der Waals surface area contributed by atoms with Gasteiger partial charge in [-0.2, -0.15) is 20.3 Å². The summed E-state index contributed by atoms with van der Waals surface area (Å²) in [6, 6.07) is 0. The number of hydrogen-bond donors (Lipinski definition) is 4. The van der Waals surface area contributed by atoms with E-state index in [1.54, 1.807) is 55.4 Å². The number of esters is 4. The standard InChI is InChI=1S/C44H78N4O12/c1-37(2)21-17-29(41(9,10)45(37)53)57-33(49)25-27(35(51)59-31-19-23-39(5,6)47(55)43(31,13)14)28(36(52)60-32-20-24-40(7,8)48(56)44(32,15)16)26-34(50)58-30-18-22-38(3,4)46(54)42(30,11)12/h27-32,53-56H,17-26H2,1-16H3. The van der Waals surface area contributed by atoms with Crippen LogP contribution in [0, 0.1) is 11.8 Å². The topological polar surface area (TPSA) is 199 Å². The molecule has 0 saturated carbocycles. The van der Waals surface area contributed by atoms with Crippen molar-refractivity contribution < 1.29 is 59.0 Å². The van der Waals surface area contributed by atoms with Crippen LogP contribution < -0.4 is 0 Å². The van der Waals surface area contributed by atoms with Crippen LogP contribution in [0.5, 0.6) is 0 Å². The fourth-order valence-electron chi connectivity index (χ4n) is 10.3. The van der Waals surface area contributed by atoms with Gasteiger partial charge in [0.05, 0.1) is 46.8 Å². The van der Waals surface area contributed by atoms with Crippen molar-refractivity contribution >= 4 is 23.9 Å². The lowest BCUT2D eigenvalue weighted by atomic mass is 9.79. The third-order valence-corrected chi connectivity index (χ3v) is 14.6. The molecule has 6 unspecified atom stereocenters. The molecule has 4 rings (SSSR count). The van der Waals surface area contributed by atoms with E-state index in [0.29, 0.717) is 51.4 Å².